The molecule has 19 heavy (non-hydrogen) atoms. The second-order valence-electron chi connectivity index (χ2n) is 4.12. The summed E-state index contributed by atoms with van der Waals surface area (Å²) in [6.45, 7) is 0.196. The second-order valence-corrected chi connectivity index (χ2v) is 4.12. The maximum absolute atomic E-state index is 13.1. The fourth-order valence-electron chi connectivity index (χ4n) is 1.65. The first-order chi connectivity index (χ1) is 9.10. The van der Waals surface area contributed by atoms with Gasteiger partial charge in [0.1, 0.15) is 0 Å². The number of hydrogen-bond donors (Lipinski definition) is 3. The Kier molecular flexibility index (Phi) is 3.97. The third-order valence-electron chi connectivity index (χ3n) is 2.71. The van der Waals surface area contributed by atoms with Gasteiger partial charge in [0.2, 0.25) is 0 Å². The van der Waals surface area contributed by atoms with Crippen LogP contribution in [0.1, 0.15) is 11.1 Å². The quantitative estimate of drug-likeness (QED) is 0.796. The molecule has 0 aliphatic carbocycles. The molecule has 2 rings (SSSR count). The van der Waals surface area contributed by atoms with Crippen LogP contribution in [0.25, 0.3) is 0 Å². The number of hydrogen-bond acceptors (Lipinski definition) is 3. The van der Waals surface area contributed by atoms with Gasteiger partial charge in [-0.15, -0.1) is 0 Å². The van der Waals surface area contributed by atoms with Crippen LogP contribution in [0.4, 0.5) is 14.5 Å². The zero-order valence-electron chi connectivity index (χ0n) is 10.0. The lowest BCUT2D eigenvalue weighted by molar-refractivity contribution is 0.282. The van der Waals surface area contributed by atoms with Crippen molar-refractivity contribution in [3.63, 3.8) is 0 Å². The van der Waals surface area contributed by atoms with Crippen molar-refractivity contribution in [1.82, 2.24) is 0 Å². The molecule has 0 saturated heterocycles. The third kappa shape index (κ3) is 3.20. The van der Waals surface area contributed by atoms with E-state index in [4.69, 9.17) is 10.2 Å². The molecule has 0 amide bonds. The van der Waals surface area contributed by atoms with Gasteiger partial charge in [0.05, 0.1) is 6.61 Å². The summed E-state index contributed by atoms with van der Waals surface area (Å²) in [5, 5.41) is 20.9. The van der Waals surface area contributed by atoms with Crippen molar-refractivity contribution < 1.29 is 19.0 Å². The Bertz CT molecular complexity index is 547. The fraction of sp³-hybridized carbons (Fsp3) is 0.143. The van der Waals surface area contributed by atoms with Crippen molar-refractivity contribution >= 4 is 5.69 Å². The predicted molar refractivity (Wildman–Crippen MR) is 67.7 cm³/mol. The molecule has 0 aromatic heterocycles. The highest BCUT2D eigenvalue weighted by Gasteiger charge is 2.09. The molecule has 0 spiro atoms. The highest BCUT2D eigenvalue weighted by Crippen LogP contribution is 2.22. The van der Waals surface area contributed by atoms with E-state index in [-0.39, 0.29) is 13.2 Å². The van der Waals surface area contributed by atoms with Crippen molar-refractivity contribution in [2.45, 2.75) is 13.2 Å². The maximum atomic E-state index is 13.1. The molecular weight excluding hydrogens is 252 g/mol. The molecule has 2 aromatic rings. The lowest BCUT2D eigenvalue weighted by Crippen LogP contribution is -2.01. The summed E-state index contributed by atoms with van der Waals surface area (Å²) < 4.78 is 26.2. The zero-order chi connectivity index (χ0) is 13.8. The number of benzene rings is 2. The largest absolute Gasteiger partial charge is 0.503 e. The first-order valence-electron chi connectivity index (χ1n) is 5.70. The Morgan fingerprint density at radius 1 is 0.947 bits per heavy atom. The first-order valence-corrected chi connectivity index (χ1v) is 5.70. The Balaban J connectivity index is 2.05. The van der Waals surface area contributed by atoms with Crippen molar-refractivity contribution in [3.05, 3.63) is 59.2 Å². The smallest absolute Gasteiger partial charge is 0.187 e. The number of rotatable bonds is 4. The van der Waals surface area contributed by atoms with Gasteiger partial charge >= 0.3 is 0 Å². The fourth-order valence-corrected chi connectivity index (χ4v) is 1.65. The van der Waals surface area contributed by atoms with Crippen LogP contribution in [0, 0.1) is 11.6 Å². The summed E-state index contributed by atoms with van der Waals surface area (Å²) in [5.41, 5.74) is 1.94. The Labute approximate surface area is 109 Å². The first kappa shape index (κ1) is 13.3. The van der Waals surface area contributed by atoms with Crippen molar-refractivity contribution in [1.29, 1.82) is 0 Å². The average molecular weight is 265 g/mol. The number of aliphatic hydroxyl groups excluding tert-OH is 1. The standard InChI is InChI=1S/C14H13F2NO2/c15-12-5-10(6-13(16)14(12)19)7-17-11-3-1-9(8-18)2-4-11/h1-6,17-19H,7-8H2. The molecule has 100 valence electrons. The zero-order valence-corrected chi connectivity index (χ0v) is 10.0. The van der Waals surface area contributed by atoms with Crippen LogP contribution in [0.15, 0.2) is 36.4 Å². The molecule has 0 unspecified atom stereocenters. The van der Waals surface area contributed by atoms with E-state index in [1.165, 1.54) is 0 Å². The molecule has 0 aliphatic rings. The normalized spacial score (nSPS) is 10.5. The number of anilines is 1. The van der Waals surface area contributed by atoms with E-state index in [9.17, 15) is 8.78 Å². The van der Waals surface area contributed by atoms with Gasteiger partial charge in [0, 0.05) is 12.2 Å². The van der Waals surface area contributed by atoms with Crippen molar-refractivity contribution in [2.24, 2.45) is 0 Å². The summed E-state index contributed by atoms with van der Waals surface area (Å²) >= 11 is 0. The predicted octanol–water partition coefficient (Wildman–Crippen LogP) is 2.77. The summed E-state index contributed by atoms with van der Waals surface area (Å²) in [7, 11) is 0. The molecule has 0 radical (unpaired) electrons. The summed E-state index contributed by atoms with van der Waals surface area (Å²) in [6, 6.07) is 9.18. The number of phenolic OH excluding ortho intramolecular Hbond substituents is 1. The van der Waals surface area contributed by atoms with Gasteiger partial charge in [-0.2, -0.15) is 0 Å². The van der Waals surface area contributed by atoms with Gasteiger partial charge in [-0.3, -0.25) is 0 Å². The van der Waals surface area contributed by atoms with Crippen LogP contribution in [-0.2, 0) is 13.2 Å². The van der Waals surface area contributed by atoms with Crippen LogP contribution in [-0.4, -0.2) is 10.2 Å². The Morgan fingerprint density at radius 3 is 2.05 bits per heavy atom. The molecule has 0 atom stereocenters. The molecule has 2 aromatic carbocycles. The maximum Gasteiger partial charge on any atom is 0.187 e. The van der Waals surface area contributed by atoms with Gasteiger partial charge in [0.15, 0.2) is 17.4 Å². The van der Waals surface area contributed by atoms with Gasteiger partial charge in [0.25, 0.3) is 0 Å². The van der Waals surface area contributed by atoms with Crippen molar-refractivity contribution in [2.75, 3.05) is 5.32 Å². The van der Waals surface area contributed by atoms with E-state index in [1.54, 1.807) is 24.3 Å². The van der Waals surface area contributed by atoms with Crippen LogP contribution >= 0.6 is 0 Å². The lowest BCUT2D eigenvalue weighted by atomic mass is 10.2. The summed E-state index contributed by atoms with van der Waals surface area (Å²) in [5.74, 6) is -2.92. The molecule has 3 N–H and O–H groups in total. The lowest BCUT2D eigenvalue weighted by Gasteiger charge is -2.08. The molecular formula is C14H13F2NO2. The molecule has 5 heteroatoms. The molecule has 0 saturated carbocycles. The average Bonchev–Trinajstić information content (AvgIpc) is 2.43. The molecule has 0 heterocycles. The number of phenols is 1. The van der Waals surface area contributed by atoms with E-state index < -0.39 is 17.4 Å². The highest BCUT2D eigenvalue weighted by molar-refractivity contribution is 5.45. The van der Waals surface area contributed by atoms with Gasteiger partial charge in [-0.05, 0) is 35.4 Å². The molecule has 0 bridgehead atoms. The number of nitrogens with one attached hydrogen (secondary N) is 1. The van der Waals surface area contributed by atoms with E-state index in [2.05, 4.69) is 5.32 Å². The van der Waals surface area contributed by atoms with Gasteiger partial charge in [-0.25, -0.2) is 8.78 Å². The minimum atomic E-state index is -0.979. The van der Waals surface area contributed by atoms with Gasteiger partial charge in [-0.1, -0.05) is 12.1 Å². The van der Waals surface area contributed by atoms with Crippen LogP contribution in [0.3, 0.4) is 0 Å². The number of aliphatic hydroxyl groups is 1. The van der Waals surface area contributed by atoms with Gasteiger partial charge < -0.3 is 15.5 Å². The van der Waals surface area contributed by atoms with Crippen LogP contribution < -0.4 is 5.32 Å². The third-order valence-corrected chi connectivity index (χ3v) is 2.71. The second kappa shape index (κ2) is 5.67. The monoisotopic (exact) mass is 265 g/mol. The Hall–Kier alpha value is -2.14. The minimum absolute atomic E-state index is 0.0331. The molecule has 0 fully saturated rings. The van der Waals surface area contributed by atoms with Crippen LogP contribution in [0.5, 0.6) is 5.75 Å². The topological polar surface area (TPSA) is 52.5 Å². The van der Waals surface area contributed by atoms with E-state index in [1.807, 2.05) is 0 Å². The van der Waals surface area contributed by atoms with E-state index in [0.717, 1.165) is 23.4 Å². The van der Waals surface area contributed by atoms with E-state index >= 15 is 0 Å². The van der Waals surface area contributed by atoms with E-state index in [0.29, 0.717) is 5.56 Å². The van der Waals surface area contributed by atoms with Crippen molar-refractivity contribution in [3.8, 4) is 5.75 Å². The number of aromatic hydroxyl groups is 1. The summed E-state index contributed by atoms with van der Waals surface area (Å²) in [6.07, 6.45) is 0. The molecule has 0 aliphatic heterocycles. The Morgan fingerprint density at radius 2 is 1.53 bits per heavy atom. The number of halogens is 2. The summed E-state index contributed by atoms with van der Waals surface area (Å²) in [4.78, 5) is 0. The highest BCUT2D eigenvalue weighted by atomic mass is 19.1. The van der Waals surface area contributed by atoms with Crippen LogP contribution in [0.2, 0.25) is 0 Å². The SMILES string of the molecule is OCc1ccc(NCc2cc(F)c(O)c(F)c2)cc1. The minimum Gasteiger partial charge on any atom is -0.503 e. The molecule has 3 nitrogen and oxygen atoms in total.